The van der Waals surface area contributed by atoms with Crippen LogP contribution >= 0.6 is 15.6 Å². The van der Waals surface area contributed by atoms with Crippen molar-refractivity contribution < 1.29 is 4.50 Å². The van der Waals surface area contributed by atoms with Crippen LogP contribution in [-0.4, -0.2) is 66.6 Å². The van der Waals surface area contributed by atoms with Crippen LogP contribution in [0, 0.1) is 0 Å². The van der Waals surface area contributed by atoms with E-state index in [-0.39, 0.29) is 15.6 Å². The van der Waals surface area contributed by atoms with Crippen LogP contribution in [0.15, 0.2) is 0 Å². The summed E-state index contributed by atoms with van der Waals surface area (Å²) in [6.45, 7) is 9.89. The molecule has 0 spiro atoms. The summed E-state index contributed by atoms with van der Waals surface area (Å²) in [6.07, 6.45) is 12.7. The van der Waals surface area contributed by atoms with Crippen LogP contribution in [0.1, 0.15) is 79.1 Å². The number of hydrogen-bond acceptors (Lipinski definition) is 1. The van der Waals surface area contributed by atoms with Crippen molar-refractivity contribution in [2.45, 2.75) is 102 Å². The van der Waals surface area contributed by atoms with Crippen molar-refractivity contribution in [1.82, 2.24) is 5.01 Å². The Morgan fingerprint density at radius 2 is 1.00 bits per heavy atom. The molecule has 2 aliphatic rings. The first-order valence-electron chi connectivity index (χ1n) is 10.9. The van der Waals surface area contributed by atoms with E-state index in [4.69, 9.17) is 0 Å². The van der Waals surface area contributed by atoms with Gasteiger partial charge in [0.2, 0.25) is 0 Å². The van der Waals surface area contributed by atoms with E-state index in [2.05, 4.69) is 60.9 Å². The third-order valence-corrected chi connectivity index (χ3v) is 17.0. The van der Waals surface area contributed by atoms with E-state index in [9.17, 15) is 0 Å². The first kappa shape index (κ1) is 22.1. The second-order valence-corrected chi connectivity index (χ2v) is 15.1. The Morgan fingerprint density at radius 1 is 0.720 bits per heavy atom. The van der Waals surface area contributed by atoms with Crippen LogP contribution in [0.4, 0.5) is 0 Å². The Balaban J connectivity index is 2.49. The molecule has 0 aromatic heterocycles. The molecule has 0 amide bonds. The van der Waals surface area contributed by atoms with Gasteiger partial charge in [0.25, 0.3) is 0 Å². The molecule has 2 heterocycles. The largest absolute Gasteiger partial charge is 0.478 e. The van der Waals surface area contributed by atoms with E-state index in [1.165, 1.54) is 51.4 Å². The molecule has 0 aromatic carbocycles. The normalized spacial score (nSPS) is 32.0. The maximum atomic E-state index is 2.53. The number of nitrogens with zero attached hydrogens (tertiary/aromatic N) is 2. The second kappa shape index (κ2) is 9.36. The fourth-order valence-electron chi connectivity index (χ4n) is 5.39. The minimum absolute atomic E-state index is 0.128. The summed E-state index contributed by atoms with van der Waals surface area (Å²) in [5.41, 5.74) is 4.11. The van der Waals surface area contributed by atoms with Crippen molar-refractivity contribution >= 4 is 21.9 Å². The predicted molar refractivity (Wildman–Crippen MR) is 120 cm³/mol. The standard InChI is InChI=1S/C20H44BN2P2/c1-9-17-13-14-18(10-2)24(17)21(23(7,8)22(5)6)25-19(11-3)15-16-20(25)12-4/h17-20H,9-16H2,1-8H3/q+1/t17-,18-,19-,20-/m1/s1. The fourth-order valence-corrected chi connectivity index (χ4v) is 16.8. The Bertz CT molecular complexity index is 367. The Morgan fingerprint density at radius 3 is 1.20 bits per heavy atom. The van der Waals surface area contributed by atoms with Crippen molar-refractivity contribution in [2.24, 2.45) is 0 Å². The van der Waals surface area contributed by atoms with Gasteiger partial charge in [-0.25, -0.2) is 0 Å². The summed E-state index contributed by atoms with van der Waals surface area (Å²) >= 11 is 0. The van der Waals surface area contributed by atoms with Gasteiger partial charge in [0.1, 0.15) is 0 Å². The van der Waals surface area contributed by atoms with Crippen LogP contribution in [-0.2, 0) is 0 Å². The average molecular weight is 385 g/mol. The molecule has 0 radical (unpaired) electrons. The molecule has 0 bridgehead atoms. The van der Waals surface area contributed by atoms with Crippen LogP contribution < -0.4 is 0 Å². The molecule has 2 nitrogen and oxygen atoms in total. The number of rotatable bonds is 8. The summed E-state index contributed by atoms with van der Waals surface area (Å²) in [4.78, 5) is 0. The summed E-state index contributed by atoms with van der Waals surface area (Å²) < 4.78 is 1.14. The van der Waals surface area contributed by atoms with E-state index >= 15 is 0 Å². The Labute approximate surface area is 161 Å². The van der Waals surface area contributed by atoms with Crippen molar-refractivity contribution in [3.8, 4) is 0 Å². The van der Waals surface area contributed by atoms with Gasteiger partial charge >= 0.3 is 6.29 Å². The molecule has 146 valence electrons. The monoisotopic (exact) mass is 385 g/mol. The number of hydrogen-bond donors (Lipinski definition) is 0. The lowest BCUT2D eigenvalue weighted by atomic mass is 10.1. The average Bonchev–Trinajstić information content (AvgIpc) is 3.18. The molecule has 2 rings (SSSR count). The van der Waals surface area contributed by atoms with E-state index in [1.54, 1.807) is 0 Å². The van der Waals surface area contributed by atoms with E-state index < -0.39 is 0 Å². The topological polar surface area (TPSA) is 3.24 Å². The molecule has 2 fully saturated rings. The maximum absolute atomic E-state index is 2.53. The molecule has 0 N–H and O–H groups in total. The van der Waals surface area contributed by atoms with Crippen molar-refractivity contribution in [3.63, 3.8) is 0 Å². The molecule has 0 aromatic rings. The molecule has 5 heteroatoms. The highest BCUT2D eigenvalue weighted by molar-refractivity contribution is 8.19. The zero-order chi connectivity index (χ0) is 18.8. The van der Waals surface area contributed by atoms with Crippen molar-refractivity contribution in [3.05, 3.63) is 0 Å². The summed E-state index contributed by atoms with van der Waals surface area (Å²) in [7, 11) is 9.97. The molecule has 0 aliphatic carbocycles. The van der Waals surface area contributed by atoms with Crippen LogP contribution in [0.25, 0.3) is 0 Å². The molecular formula is C20H44BN2P2+. The highest BCUT2D eigenvalue weighted by Gasteiger charge is 2.60. The molecule has 2 saturated heterocycles. The van der Waals surface area contributed by atoms with Gasteiger partial charge in [-0.05, 0) is 74.0 Å². The summed E-state index contributed by atoms with van der Waals surface area (Å²) in [5, 5.41) is 2.53. The third-order valence-electron chi connectivity index (χ3n) is 7.37. The van der Waals surface area contributed by atoms with Gasteiger partial charge in [-0.3, -0.25) is 0 Å². The SMILES string of the molecule is CC[C@@H]1CC[C@@H](CC)P1B(P1[C@H](CC)CC[C@H]1CC)[N+](C)(C)N(C)C. The van der Waals surface area contributed by atoms with E-state index in [1.807, 2.05) is 0 Å². The fraction of sp³-hybridized carbons (Fsp3) is 1.00. The van der Waals surface area contributed by atoms with Crippen LogP contribution in [0.5, 0.6) is 0 Å². The first-order chi connectivity index (χ1) is 11.8. The van der Waals surface area contributed by atoms with Gasteiger partial charge in [0.15, 0.2) is 0 Å². The van der Waals surface area contributed by atoms with Gasteiger partial charge in [0.05, 0.1) is 14.1 Å². The molecule has 0 saturated carbocycles. The summed E-state index contributed by atoms with van der Waals surface area (Å²) in [6, 6.07) is 0. The Kier molecular flexibility index (Phi) is 8.29. The molecule has 25 heavy (non-hydrogen) atoms. The van der Waals surface area contributed by atoms with E-state index in [0.717, 1.165) is 33.4 Å². The van der Waals surface area contributed by atoms with E-state index in [0.29, 0.717) is 0 Å². The van der Waals surface area contributed by atoms with Crippen molar-refractivity contribution in [2.75, 3.05) is 28.2 Å². The highest BCUT2D eigenvalue weighted by atomic mass is 31.2. The predicted octanol–water partition coefficient (Wildman–Crippen LogP) is 6.19. The van der Waals surface area contributed by atoms with Crippen molar-refractivity contribution in [1.29, 1.82) is 0 Å². The lowest BCUT2D eigenvalue weighted by Crippen LogP contribution is -2.60. The minimum atomic E-state index is 0.128. The second-order valence-electron chi connectivity index (χ2n) is 8.97. The smallest absolute Gasteiger partial charge is 0.308 e. The van der Waals surface area contributed by atoms with Gasteiger partial charge in [-0.15, -0.1) is 0 Å². The zero-order valence-electron chi connectivity index (χ0n) is 18.3. The van der Waals surface area contributed by atoms with Gasteiger partial charge < -0.3 is 4.50 Å². The maximum Gasteiger partial charge on any atom is 0.478 e. The highest BCUT2D eigenvalue weighted by Crippen LogP contribution is 2.73. The molecular weight excluding hydrogens is 341 g/mol. The summed E-state index contributed by atoms with van der Waals surface area (Å²) in [5.74, 6) is 0. The Hall–Kier alpha value is 0.845. The van der Waals surface area contributed by atoms with Gasteiger partial charge in [-0.2, -0.15) is 5.01 Å². The lowest BCUT2D eigenvalue weighted by molar-refractivity contribution is -0.899. The van der Waals surface area contributed by atoms with Crippen LogP contribution in [0.3, 0.4) is 0 Å². The van der Waals surface area contributed by atoms with Crippen LogP contribution in [0.2, 0.25) is 0 Å². The zero-order valence-corrected chi connectivity index (χ0v) is 20.1. The van der Waals surface area contributed by atoms with Gasteiger partial charge in [-0.1, -0.05) is 43.3 Å². The first-order valence-corrected chi connectivity index (χ1v) is 14.0. The lowest BCUT2D eigenvalue weighted by Gasteiger charge is -2.49. The molecule has 4 atom stereocenters. The third kappa shape index (κ3) is 4.31. The number of quaternary nitrogens is 1. The van der Waals surface area contributed by atoms with Gasteiger partial charge in [0, 0.05) is 14.1 Å². The quantitative estimate of drug-likeness (QED) is 0.274. The molecule has 2 aliphatic heterocycles. The minimum Gasteiger partial charge on any atom is -0.308 e. The molecule has 0 unspecified atom stereocenters.